The van der Waals surface area contributed by atoms with Gasteiger partial charge in [-0.05, 0) is 19.3 Å². The van der Waals surface area contributed by atoms with Crippen molar-refractivity contribution in [3.05, 3.63) is 0 Å². The highest BCUT2D eigenvalue weighted by molar-refractivity contribution is 6.20. The topological polar surface area (TPSA) is 9.23 Å². The summed E-state index contributed by atoms with van der Waals surface area (Å²) < 4.78 is 5.41. The van der Waals surface area contributed by atoms with Gasteiger partial charge >= 0.3 is 0 Å². The van der Waals surface area contributed by atoms with Crippen molar-refractivity contribution in [2.45, 2.75) is 37.7 Å². The third-order valence-corrected chi connectivity index (χ3v) is 2.16. The maximum absolute atomic E-state index is 5.91. The summed E-state index contributed by atoms with van der Waals surface area (Å²) in [4.78, 5) is 0. The lowest BCUT2D eigenvalue weighted by Gasteiger charge is -2.24. The average Bonchev–Trinajstić information content (AvgIpc) is 1.88. The number of halogens is 1. The van der Waals surface area contributed by atoms with E-state index in [1.807, 2.05) is 0 Å². The molecule has 1 saturated heterocycles. The fourth-order valence-corrected chi connectivity index (χ4v) is 1.41. The van der Waals surface area contributed by atoms with Gasteiger partial charge in [-0.2, -0.15) is 0 Å². The van der Waals surface area contributed by atoms with Crippen LogP contribution in [0, 0.1) is 0 Å². The van der Waals surface area contributed by atoms with Crippen LogP contribution in [-0.2, 0) is 4.74 Å². The van der Waals surface area contributed by atoms with Crippen molar-refractivity contribution in [2.75, 3.05) is 6.61 Å². The van der Waals surface area contributed by atoms with E-state index in [9.17, 15) is 0 Å². The summed E-state index contributed by atoms with van der Waals surface area (Å²) in [5, 5.41) is 0.365. The van der Waals surface area contributed by atoms with E-state index in [2.05, 4.69) is 6.92 Å². The van der Waals surface area contributed by atoms with E-state index in [1.54, 1.807) is 0 Å². The number of alkyl halides is 1. The molecular weight excluding hydrogens is 136 g/mol. The minimum Gasteiger partial charge on any atom is -0.378 e. The van der Waals surface area contributed by atoms with E-state index < -0.39 is 0 Å². The van der Waals surface area contributed by atoms with Crippen LogP contribution < -0.4 is 0 Å². The van der Waals surface area contributed by atoms with Gasteiger partial charge in [0.15, 0.2) is 0 Å². The van der Waals surface area contributed by atoms with Crippen LogP contribution in [0.1, 0.15) is 26.2 Å². The molecule has 0 aromatic heterocycles. The highest BCUT2D eigenvalue weighted by Gasteiger charge is 2.18. The van der Waals surface area contributed by atoms with Gasteiger partial charge in [-0.15, -0.1) is 11.6 Å². The van der Waals surface area contributed by atoms with Crippen LogP contribution >= 0.6 is 11.6 Å². The van der Waals surface area contributed by atoms with Crippen molar-refractivity contribution in [1.82, 2.24) is 0 Å². The summed E-state index contributed by atoms with van der Waals surface area (Å²) in [6.07, 6.45) is 3.60. The zero-order valence-electron chi connectivity index (χ0n) is 5.77. The van der Waals surface area contributed by atoms with E-state index in [-0.39, 0.29) is 0 Å². The summed E-state index contributed by atoms with van der Waals surface area (Å²) in [6.45, 7) is 2.99. The largest absolute Gasteiger partial charge is 0.378 e. The van der Waals surface area contributed by atoms with Crippen molar-refractivity contribution < 1.29 is 4.74 Å². The molecule has 0 aliphatic carbocycles. The lowest BCUT2D eigenvalue weighted by Crippen LogP contribution is -2.25. The normalized spacial score (nSPS) is 36.7. The van der Waals surface area contributed by atoms with Crippen LogP contribution in [0.25, 0.3) is 0 Å². The number of rotatable bonds is 1. The van der Waals surface area contributed by atoms with E-state index >= 15 is 0 Å². The first-order valence-corrected chi connectivity index (χ1v) is 4.02. The Hall–Kier alpha value is 0.250. The van der Waals surface area contributed by atoms with Gasteiger partial charge in [0.05, 0.1) is 6.10 Å². The van der Waals surface area contributed by atoms with E-state index in [0.717, 1.165) is 25.9 Å². The molecular formula is C7H13ClO. The second-order valence-electron chi connectivity index (χ2n) is 2.52. The predicted molar refractivity (Wildman–Crippen MR) is 38.9 cm³/mol. The number of hydrogen-bond acceptors (Lipinski definition) is 1. The molecule has 1 aliphatic rings. The highest BCUT2D eigenvalue weighted by Crippen LogP contribution is 2.20. The fourth-order valence-electron chi connectivity index (χ4n) is 1.12. The minimum atomic E-state index is 0.365. The Morgan fingerprint density at radius 2 is 2.44 bits per heavy atom. The first kappa shape index (κ1) is 7.36. The quantitative estimate of drug-likeness (QED) is 0.518. The Balaban J connectivity index is 2.23. The molecule has 1 fully saturated rings. The van der Waals surface area contributed by atoms with Gasteiger partial charge < -0.3 is 4.74 Å². The van der Waals surface area contributed by atoms with Gasteiger partial charge in [0.2, 0.25) is 0 Å². The molecule has 0 aromatic rings. The van der Waals surface area contributed by atoms with Crippen molar-refractivity contribution in [1.29, 1.82) is 0 Å². The zero-order chi connectivity index (χ0) is 6.69. The van der Waals surface area contributed by atoms with Gasteiger partial charge in [-0.25, -0.2) is 0 Å². The molecule has 0 saturated carbocycles. The molecule has 0 N–H and O–H groups in total. The molecule has 1 rings (SSSR count). The van der Waals surface area contributed by atoms with Crippen molar-refractivity contribution in [3.63, 3.8) is 0 Å². The standard InChI is InChI=1S/C7H13ClO/c1-2-7-5-6(8)3-4-9-7/h6-7H,2-5H2,1H3/t6-,7-/m0/s1. The van der Waals surface area contributed by atoms with Crippen LogP contribution in [0.2, 0.25) is 0 Å². The third-order valence-electron chi connectivity index (χ3n) is 1.76. The molecule has 1 nitrogen and oxygen atoms in total. The van der Waals surface area contributed by atoms with Crippen molar-refractivity contribution in [2.24, 2.45) is 0 Å². The lowest BCUT2D eigenvalue weighted by atomic mass is 10.1. The average molecular weight is 149 g/mol. The summed E-state index contributed by atoms with van der Waals surface area (Å²) in [5.74, 6) is 0. The molecule has 0 unspecified atom stereocenters. The second kappa shape index (κ2) is 3.43. The molecule has 0 bridgehead atoms. The Bertz CT molecular complexity index is 85.0. The van der Waals surface area contributed by atoms with E-state index in [1.165, 1.54) is 0 Å². The molecule has 0 amide bonds. The zero-order valence-corrected chi connectivity index (χ0v) is 6.53. The van der Waals surface area contributed by atoms with Crippen LogP contribution in [0.3, 0.4) is 0 Å². The van der Waals surface area contributed by atoms with E-state index in [4.69, 9.17) is 16.3 Å². The summed E-state index contributed by atoms with van der Waals surface area (Å²) >= 11 is 5.91. The maximum Gasteiger partial charge on any atom is 0.0586 e. The van der Waals surface area contributed by atoms with Crippen LogP contribution in [0.4, 0.5) is 0 Å². The monoisotopic (exact) mass is 148 g/mol. The minimum absolute atomic E-state index is 0.365. The van der Waals surface area contributed by atoms with Crippen molar-refractivity contribution >= 4 is 11.6 Å². The Morgan fingerprint density at radius 3 is 2.89 bits per heavy atom. The smallest absolute Gasteiger partial charge is 0.0586 e. The molecule has 9 heavy (non-hydrogen) atoms. The van der Waals surface area contributed by atoms with Crippen molar-refractivity contribution in [3.8, 4) is 0 Å². The second-order valence-corrected chi connectivity index (χ2v) is 3.14. The maximum atomic E-state index is 5.91. The van der Waals surface area contributed by atoms with E-state index in [0.29, 0.717) is 11.5 Å². The molecule has 0 aromatic carbocycles. The number of ether oxygens (including phenoxy) is 1. The van der Waals surface area contributed by atoms with Crippen LogP contribution in [0.15, 0.2) is 0 Å². The first-order valence-electron chi connectivity index (χ1n) is 3.58. The third kappa shape index (κ3) is 2.15. The molecule has 1 heterocycles. The molecule has 0 radical (unpaired) electrons. The summed E-state index contributed by atoms with van der Waals surface area (Å²) in [5.41, 5.74) is 0. The first-order chi connectivity index (χ1) is 4.33. The predicted octanol–water partition coefficient (Wildman–Crippen LogP) is 2.18. The SMILES string of the molecule is CC[C@H]1C[C@@H](Cl)CCO1. The fraction of sp³-hybridized carbons (Fsp3) is 1.00. The molecule has 2 atom stereocenters. The van der Waals surface area contributed by atoms with Gasteiger partial charge in [0.1, 0.15) is 0 Å². The highest BCUT2D eigenvalue weighted by atomic mass is 35.5. The number of hydrogen-bond donors (Lipinski definition) is 0. The molecule has 54 valence electrons. The Morgan fingerprint density at radius 1 is 1.67 bits per heavy atom. The van der Waals surface area contributed by atoms with Gasteiger partial charge in [0.25, 0.3) is 0 Å². The van der Waals surface area contributed by atoms with Gasteiger partial charge in [0, 0.05) is 12.0 Å². The summed E-state index contributed by atoms with van der Waals surface area (Å²) in [7, 11) is 0. The summed E-state index contributed by atoms with van der Waals surface area (Å²) in [6, 6.07) is 0. The lowest BCUT2D eigenvalue weighted by molar-refractivity contribution is 0.0161. The van der Waals surface area contributed by atoms with Crippen LogP contribution in [0.5, 0.6) is 0 Å². The van der Waals surface area contributed by atoms with Gasteiger partial charge in [-0.1, -0.05) is 6.92 Å². The molecule has 0 spiro atoms. The molecule has 1 aliphatic heterocycles. The Kier molecular flexibility index (Phi) is 2.80. The van der Waals surface area contributed by atoms with Crippen LogP contribution in [-0.4, -0.2) is 18.1 Å². The molecule has 2 heteroatoms. The van der Waals surface area contributed by atoms with Gasteiger partial charge in [-0.3, -0.25) is 0 Å². The Labute approximate surface area is 61.3 Å².